The average Bonchev–Trinajstić information content (AvgIpc) is 3.10. The Balaban J connectivity index is 1.63. The molecule has 3 rings (SSSR count). The minimum absolute atomic E-state index is 0.226. The number of aliphatic hydroxyl groups excluding tert-OH is 1. The van der Waals surface area contributed by atoms with Crippen LogP contribution in [0, 0.1) is 27.7 Å². The van der Waals surface area contributed by atoms with E-state index in [0.29, 0.717) is 10.9 Å². The van der Waals surface area contributed by atoms with Crippen LogP contribution < -0.4 is 4.74 Å². The van der Waals surface area contributed by atoms with Gasteiger partial charge >= 0.3 is 0 Å². The van der Waals surface area contributed by atoms with Gasteiger partial charge in [-0.2, -0.15) is 4.68 Å². The van der Waals surface area contributed by atoms with Crippen molar-refractivity contribution >= 4 is 11.8 Å². The third-order valence-electron chi connectivity index (χ3n) is 4.27. The Morgan fingerprint density at radius 2 is 1.81 bits per heavy atom. The lowest BCUT2D eigenvalue weighted by Gasteiger charge is -2.15. The molecule has 1 atom stereocenters. The summed E-state index contributed by atoms with van der Waals surface area (Å²) in [5.74, 6) is 1.28. The summed E-state index contributed by atoms with van der Waals surface area (Å²) < 4.78 is 7.54. The molecule has 0 radical (unpaired) electrons. The van der Waals surface area contributed by atoms with Crippen molar-refractivity contribution in [3.05, 3.63) is 58.7 Å². The lowest BCUT2D eigenvalue weighted by atomic mass is 10.1. The number of aromatic nitrogens is 4. The summed E-state index contributed by atoms with van der Waals surface area (Å²) in [6.07, 6.45) is -0.627. The monoisotopic (exact) mass is 384 g/mol. The summed E-state index contributed by atoms with van der Waals surface area (Å²) in [6, 6.07) is 12.2. The van der Waals surface area contributed by atoms with Gasteiger partial charge < -0.3 is 9.84 Å². The second-order valence-electron chi connectivity index (χ2n) is 6.66. The maximum Gasteiger partial charge on any atom is 0.214 e. The number of hydrogen-bond donors (Lipinski definition) is 1. The van der Waals surface area contributed by atoms with Crippen LogP contribution in [0.1, 0.15) is 22.3 Å². The lowest BCUT2D eigenvalue weighted by molar-refractivity contribution is 0.125. The van der Waals surface area contributed by atoms with Crippen molar-refractivity contribution in [2.75, 3.05) is 12.4 Å². The van der Waals surface area contributed by atoms with E-state index in [2.05, 4.69) is 27.7 Å². The number of rotatable bonds is 7. The highest BCUT2D eigenvalue weighted by molar-refractivity contribution is 7.99. The van der Waals surface area contributed by atoms with Crippen LogP contribution in [-0.2, 0) is 0 Å². The van der Waals surface area contributed by atoms with Gasteiger partial charge in [-0.3, -0.25) is 0 Å². The second-order valence-corrected chi connectivity index (χ2v) is 7.65. The van der Waals surface area contributed by atoms with Crippen molar-refractivity contribution in [2.24, 2.45) is 0 Å². The summed E-state index contributed by atoms with van der Waals surface area (Å²) in [7, 11) is 0. The van der Waals surface area contributed by atoms with Gasteiger partial charge in [-0.05, 0) is 66.4 Å². The summed E-state index contributed by atoms with van der Waals surface area (Å²) >= 11 is 1.41. The van der Waals surface area contributed by atoms with Gasteiger partial charge in [0.1, 0.15) is 12.4 Å². The Labute approximate surface area is 163 Å². The summed E-state index contributed by atoms with van der Waals surface area (Å²) in [5, 5.41) is 23.0. The highest BCUT2D eigenvalue weighted by Gasteiger charge is 2.15. The fourth-order valence-corrected chi connectivity index (χ4v) is 3.58. The largest absolute Gasteiger partial charge is 0.490 e. The maximum atomic E-state index is 10.3. The summed E-state index contributed by atoms with van der Waals surface area (Å²) in [5.41, 5.74) is 5.31. The molecular formula is C20H24N4O2S. The van der Waals surface area contributed by atoms with E-state index in [1.165, 1.54) is 11.8 Å². The molecule has 2 aromatic carbocycles. The van der Waals surface area contributed by atoms with Crippen LogP contribution in [-0.4, -0.2) is 43.8 Å². The molecule has 6 nitrogen and oxygen atoms in total. The first-order valence-corrected chi connectivity index (χ1v) is 9.80. The predicted octanol–water partition coefficient (Wildman–Crippen LogP) is 3.43. The molecule has 0 saturated carbocycles. The molecule has 1 N–H and O–H groups in total. The molecule has 1 aromatic heterocycles. The third-order valence-corrected chi connectivity index (χ3v) is 5.33. The number of para-hydroxylation sites is 1. The SMILES string of the molecule is Cc1ccc(C)c(-n2nnnc2SC[C@H](O)COc2c(C)cccc2C)c1. The molecule has 0 spiro atoms. The predicted molar refractivity (Wildman–Crippen MR) is 107 cm³/mol. The van der Waals surface area contributed by atoms with Gasteiger partial charge in [-0.25, -0.2) is 0 Å². The standard InChI is InChI=1S/C20H24N4O2S/c1-13-8-9-14(2)18(10-13)24-20(21-22-23-24)27-12-17(25)11-26-19-15(3)6-5-7-16(19)4/h5-10,17,25H,11-12H2,1-4H3/t17-/m1/s1. The molecule has 142 valence electrons. The van der Waals surface area contributed by atoms with Gasteiger partial charge in [0.25, 0.3) is 0 Å². The highest BCUT2D eigenvalue weighted by atomic mass is 32.2. The fraction of sp³-hybridized carbons (Fsp3) is 0.350. The van der Waals surface area contributed by atoms with Gasteiger partial charge in [-0.15, -0.1) is 5.10 Å². The second kappa shape index (κ2) is 8.54. The molecule has 0 amide bonds. The molecule has 3 aromatic rings. The fourth-order valence-electron chi connectivity index (χ4n) is 2.79. The van der Waals surface area contributed by atoms with E-state index in [1.54, 1.807) is 4.68 Å². The topological polar surface area (TPSA) is 73.1 Å². The van der Waals surface area contributed by atoms with Gasteiger partial charge in [-0.1, -0.05) is 42.1 Å². The van der Waals surface area contributed by atoms with Crippen LogP contribution in [0.2, 0.25) is 0 Å². The summed E-state index contributed by atoms with van der Waals surface area (Å²) in [4.78, 5) is 0. The number of aryl methyl sites for hydroxylation is 4. The zero-order valence-corrected chi connectivity index (χ0v) is 16.8. The van der Waals surface area contributed by atoms with E-state index in [9.17, 15) is 5.11 Å². The van der Waals surface area contributed by atoms with Gasteiger partial charge in [0, 0.05) is 5.75 Å². The number of tetrazole rings is 1. The van der Waals surface area contributed by atoms with Gasteiger partial charge in [0.2, 0.25) is 5.16 Å². The van der Waals surface area contributed by atoms with Crippen LogP contribution in [0.4, 0.5) is 0 Å². The van der Waals surface area contributed by atoms with Crippen molar-refractivity contribution in [2.45, 2.75) is 39.0 Å². The molecule has 0 unspecified atom stereocenters. The Morgan fingerprint density at radius 1 is 1.07 bits per heavy atom. The van der Waals surface area contributed by atoms with Crippen LogP contribution in [0.15, 0.2) is 41.6 Å². The van der Waals surface area contributed by atoms with Crippen molar-refractivity contribution in [3.63, 3.8) is 0 Å². The van der Waals surface area contributed by atoms with Gasteiger partial charge in [0.15, 0.2) is 0 Å². The minimum Gasteiger partial charge on any atom is -0.490 e. The first-order valence-electron chi connectivity index (χ1n) is 8.81. The normalized spacial score (nSPS) is 12.2. The lowest BCUT2D eigenvalue weighted by Crippen LogP contribution is -2.21. The Kier molecular flexibility index (Phi) is 6.13. The number of ether oxygens (including phenoxy) is 1. The molecule has 0 bridgehead atoms. The highest BCUT2D eigenvalue weighted by Crippen LogP contribution is 2.24. The number of thioether (sulfide) groups is 1. The number of benzene rings is 2. The maximum absolute atomic E-state index is 10.3. The molecule has 7 heteroatoms. The van der Waals surface area contributed by atoms with E-state index in [4.69, 9.17) is 4.74 Å². The Hall–Kier alpha value is -2.38. The first kappa shape index (κ1) is 19.4. The van der Waals surface area contributed by atoms with Crippen LogP contribution in [0.3, 0.4) is 0 Å². The van der Waals surface area contributed by atoms with Crippen molar-refractivity contribution in [3.8, 4) is 11.4 Å². The zero-order valence-electron chi connectivity index (χ0n) is 16.0. The van der Waals surface area contributed by atoms with Crippen molar-refractivity contribution in [1.29, 1.82) is 0 Å². The van der Waals surface area contributed by atoms with E-state index in [1.807, 2.05) is 52.0 Å². The Morgan fingerprint density at radius 3 is 2.56 bits per heavy atom. The average molecular weight is 385 g/mol. The molecule has 0 aliphatic heterocycles. The van der Waals surface area contributed by atoms with Crippen molar-refractivity contribution in [1.82, 2.24) is 20.2 Å². The molecule has 0 saturated heterocycles. The van der Waals surface area contributed by atoms with Crippen LogP contribution in [0.25, 0.3) is 5.69 Å². The number of aliphatic hydroxyl groups is 1. The summed E-state index contributed by atoms with van der Waals surface area (Å²) in [6.45, 7) is 8.29. The molecule has 27 heavy (non-hydrogen) atoms. The van der Waals surface area contributed by atoms with E-state index >= 15 is 0 Å². The Bertz CT molecular complexity index is 906. The molecule has 0 aliphatic carbocycles. The van der Waals surface area contributed by atoms with E-state index in [0.717, 1.165) is 33.7 Å². The smallest absolute Gasteiger partial charge is 0.214 e. The molecular weight excluding hydrogens is 360 g/mol. The molecule has 0 aliphatic rings. The van der Waals surface area contributed by atoms with Crippen molar-refractivity contribution < 1.29 is 9.84 Å². The quantitative estimate of drug-likeness (QED) is 0.629. The molecule has 1 heterocycles. The van der Waals surface area contributed by atoms with Crippen LogP contribution in [0.5, 0.6) is 5.75 Å². The number of nitrogens with zero attached hydrogens (tertiary/aromatic N) is 4. The minimum atomic E-state index is -0.627. The van der Waals surface area contributed by atoms with Crippen LogP contribution >= 0.6 is 11.8 Å². The third kappa shape index (κ3) is 4.67. The van der Waals surface area contributed by atoms with E-state index < -0.39 is 6.10 Å². The van der Waals surface area contributed by atoms with E-state index in [-0.39, 0.29) is 6.61 Å². The zero-order chi connectivity index (χ0) is 19.4. The first-order chi connectivity index (χ1) is 13.0. The number of hydrogen-bond acceptors (Lipinski definition) is 6. The van der Waals surface area contributed by atoms with Gasteiger partial charge in [0.05, 0.1) is 11.8 Å². The molecule has 0 fully saturated rings.